The van der Waals surface area contributed by atoms with Gasteiger partial charge in [0.15, 0.2) is 17.3 Å². The van der Waals surface area contributed by atoms with Crippen LogP contribution in [0.2, 0.25) is 0 Å². The first kappa shape index (κ1) is 16.7. The first-order chi connectivity index (χ1) is 11.1. The monoisotopic (exact) mass is 317 g/mol. The Balaban J connectivity index is 2.07. The predicted octanol–water partition coefficient (Wildman–Crippen LogP) is 2.14. The van der Waals surface area contributed by atoms with E-state index in [0.29, 0.717) is 23.6 Å². The molecule has 122 valence electrons. The molecule has 6 heteroatoms. The van der Waals surface area contributed by atoms with Crippen molar-refractivity contribution in [2.45, 2.75) is 19.3 Å². The molecule has 23 heavy (non-hydrogen) atoms. The second-order valence-electron chi connectivity index (χ2n) is 5.17. The van der Waals surface area contributed by atoms with Gasteiger partial charge in [-0.2, -0.15) is 0 Å². The zero-order valence-electron chi connectivity index (χ0n) is 13.1. The predicted molar refractivity (Wildman–Crippen MR) is 84.7 cm³/mol. The highest BCUT2D eigenvalue weighted by atomic mass is 16.5. The third-order valence-corrected chi connectivity index (χ3v) is 3.67. The van der Waals surface area contributed by atoms with Gasteiger partial charge in [0.25, 0.3) is 0 Å². The van der Waals surface area contributed by atoms with Gasteiger partial charge < -0.3 is 14.8 Å². The summed E-state index contributed by atoms with van der Waals surface area (Å²) in [5.74, 6) is -1.02. The summed E-state index contributed by atoms with van der Waals surface area (Å²) in [6.07, 6.45) is 3.71. The van der Waals surface area contributed by atoms with E-state index in [9.17, 15) is 14.4 Å². The van der Waals surface area contributed by atoms with Crippen molar-refractivity contribution in [3.05, 3.63) is 30.5 Å². The number of hydrogen-bond acceptors (Lipinski definition) is 6. The molecule has 0 bridgehead atoms. The quantitative estimate of drug-likeness (QED) is 0.639. The van der Waals surface area contributed by atoms with E-state index < -0.39 is 11.7 Å². The van der Waals surface area contributed by atoms with Gasteiger partial charge in [0, 0.05) is 25.1 Å². The molecule has 1 saturated carbocycles. The molecule has 1 aromatic rings. The van der Waals surface area contributed by atoms with Gasteiger partial charge in [0.2, 0.25) is 0 Å². The van der Waals surface area contributed by atoms with Gasteiger partial charge in [-0.3, -0.25) is 14.4 Å². The Hall–Kier alpha value is -2.63. The standard InChI is InChI=1S/C17H19NO5/c1-22-11-6-7-16(23-2)12(10-11)18-9-8-15(21)17-13(19)4-3-5-14(17)20/h6-10,17-18H,3-5H2,1-2H3. The van der Waals surface area contributed by atoms with Crippen LogP contribution in [0.25, 0.3) is 0 Å². The fourth-order valence-electron chi connectivity index (χ4n) is 2.46. The number of nitrogens with one attached hydrogen (secondary N) is 1. The Kier molecular flexibility index (Phi) is 5.51. The topological polar surface area (TPSA) is 81.7 Å². The summed E-state index contributed by atoms with van der Waals surface area (Å²) in [4.78, 5) is 35.5. The van der Waals surface area contributed by atoms with Crippen LogP contribution in [0.1, 0.15) is 19.3 Å². The Morgan fingerprint density at radius 2 is 1.87 bits per heavy atom. The molecule has 0 amide bonds. The molecule has 0 heterocycles. The second kappa shape index (κ2) is 7.58. The number of allylic oxidation sites excluding steroid dienone is 1. The summed E-state index contributed by atoms with van der Waals surface area (Å²) in [6.45, 7) is 0. The Morgan fingerprint density at radius 3 is 2.48 bits per heavy atom. The van der Waals surface area contributed by atoms with Crippen molar-refractivity contribution in [1.29, 1.82) is 0 Å². The summed E-state index contributed by atoms with van der Waals surface area (Å²) in [7, 11) is 3.08. The highest BCUT2D eigenvalue weighted by molar-refractivity contribution is 6.23. The Bertz CT molecular complexity index is 634. The minimum Gasteiger partial charge on any atom is -0.497 e. The molecule has 1 aliphatic rings. The molecular weight excluding hydrogens is 298 g/mol. The zero-order chi connectivity index (χ0) is 16.8. The summed E-state index contributed by atoms with van der Waals surface area (Å²) >= 11 is 0. The normalized spacial score (nSPS) is 15.7. The number of anilines is 1. The van der Waals surface area contributed by atoms with E-state index in [2.05, 4.69) is 5.32 Å². The Labute approximate surface area is 134 Å². The highest BCUT2D eigenvalue weighted by Gasteiger charge is 2.34. The summed E-state index contributed by atoms with van der Waals surface area (Å²) < 4.78 is 10.3. The largest absolute Gasteiger partial charge is 0.497 e. The lowest BCUT2D eigenvalue weighted by Crippen LogP contribution is -2.34. The SMILES string of the molecule is COc1ccc(OC)c(NC=CC(=O)C2C(=O)CCCC2=O)c1. The van der Waals surface area contributed by atoms with Crippen molar-refractivity contribution in [3.63, 3.8) is 0 Å². The first-order valence-electron chi connectivity index (χ1n) is 7.31. The molecule has 0 saturated heterocycles. The fourth-order valence-corrected chi connectivity index (χ4v) is 2.46. The molecule has 0 spiro atoms. The van der Waals surface area contributed by atoms with Crippen molar-refractivity contribution in [1.82, 2.24) is 0 Å². The molecule has 2 rings (SSSR count). The number of ether oxygens (including phenoxy) is 2. The molecule has 0 aromatic heterocycles. The van der Waals surface area contributed by atoms with Crippen molar-refractivity contribution < 1.29 is 23.9 Å². The van der Waals surface area contributed by atoms with E-state index in [4.69, 9.17) is 9.47 Å². The van der Waals surface area contributed by atoms with Crippen LogP contribution in [0.3, 0.4) is 0 Å². The number of ketones is 3. The average Bonchev–Trinajstić information content (AvgIpc) is 2.54. The van der Waals surface area contributed by atoms with Gasteiger partial charge in [0.1, 0.15) is 17.4 Å². The van der Waals surface area contributed by atoms with E-state index in [1.807, 2.05) is 0 Å². The van der Waals surface area contributed by atoms with Crippen molar-refractivity contribution in [2.75, 3.05) is 19.5 Å². The van der Waals surface area contributed by atoms with Crippen LogP contribution < -0.4 is 14.8 Å². The lowest BCUT2D eigenvalue weighted by Gasteiger charge is -2.16. The van der Waals surface area contributed by atoms with Crippen molar-refractivity contribution >= 4 is 23.0 Å². The van der Waals surface area contributed by atoms with Crippen LogP contribution in [0.15, 0.2) is 30.5 Å². The van der Waals surface area contributed by atoms with Gasteiger partial charge in [-0.05, 0) is 24.6 Å². The second-order valence-corrected chi connectivity index (χ2v) is 5.17. The maximum Gasteiger partial charge on any atom is 0.175 e. The summed E-state index contributed by atoms with van der Waals surface area (Å²) in [5, 5.41) is 2.91. The minimum atomic E-state index is -1.14. The van der Waals surface area contributed by atoms with E-state index in [0.717, 1.165) is 0 Å². The average molecular weight is 317 g/mol. The van der Waals surface area contributed by atoms with Crippen LogP contribution in [-0.2, 0) is 14.4 Å². The van der Waals surface area contributed by atoms with Crippen LogP contribution in [0, 0.1) is 5.92 Å². The van der Waals surface area contributed by atoms with Crippen molar-refractivity contribution in [2.24, 2.45) is 5.92 Å². The first-order valence-corrected chi connectivity index (χ1v) is 7.31. The fraction of sp³-hybridized carbons (Fsp3) is 0.353. The van der Waals surface area contributed by atoms with Crippen LogP contribution >= 0.6 is 0 Å². The lowest BCUT2D eigenvalue weighted by atomic mass is 9.84. The molecule has 6 nitrogen and oxygen atoms in total. The van der Waals surface area contributed by atoms with Gasteiger partial charge in [-0.1, -0.05) is 0 Å². The molecule has 0 radical (unpaired) electrons. The molecule has 1 aliphatic carbocycles. The smallest absolute Gasteiger partial charge is 0.175 e. The van der Waals surface area contributed by atoms with Crippen LogP contribution in [-0.4, -0.2) is 31.6 Å². The maximum absolute atomic E-state index is 12.1. The molecule has 1 N–H and O–H groups in total. The van der Waals surface area contributed by atoms with Gasteiger partial charge >= 0.3 is 0 Å². The lowest BCUT2D eigenvalue weighted by molar-refractivity contribution is -0.140. The van der Waals surface area contributed by atoms with Crippen LogP contribution in [0.5, 0.6) is 11.5 Å². The summed E-state index contributed by atoms with van der Waals surface area (Å²) in [5.41, 5.74) is 0.609. The number of hydrogen-bond donors (Lipinski definition) is 1. The van der Waals surface area contributed by atoms with E-state index >= 15 is 0 Å². The van der Waals surface area contributed by atoms with Gasteiger partial charge in [-0.25, -0.2) is 0 Å². The molecular formula is C17H19NO5. The Morgan fingerprint density at radius 1 is 1.17 bits per heavy atom. The van der Waals surface area contributed by atoms with Crippen LogP contribution in [0.4, 0.5) is 5.69 Å². The zero-order valence-corrected chi connectivity index (χ0v) is 13.1. The minimum absolute atomic E-state index is 0.285. The van der Waals surface area contributed by atoms with Gasteiger partial charge in [0.05, 0.1) is 19.9 Å². The molecule has 0 unspecified atom stereocenters. The van der Waals surface area contributed by atoms with Gasteiger partial charge in [-0.15, -0.1) is 0 Å². The molecule has 0 aliphatic heterocycles. The molecule has 1 aromatic carbocycles. The summed E-state index contributed by atoms with van der Waals surface area (Å²) in [6, 6.07) is 5.19. The number of carbonyl (C=O) groups excluding carboxylic acids is 3. The third-order valence-electron chi connectivity index (χ3n) is 3.67. The number of carbonyl (C=O) groups is 3. The third kappa shape index (κ3) is 3.97. The van der Waals surface area contributed by atoms with E-state index in [1.165, 1.54) is 19.4 Å². The molecule has 0 atom stereocenters. The highest BCUT2D eigenvalue weighted by Crippen LogP contribution is 2.28. The van der Waals surface area contributed by atoms with Crippen molar-refractivity contribution in [3.8, 4) is 11.5 Å². The number of methoxy groups -OCH3 is 2. The molecule has 1 fully saturated rings. The maximum atomic E-state index is 12.1. The number of rotatable bonds is 6. The van der Waals surface area contributed by atoms with E-state index in [-0.39, 0.29) is 24.4 Å². The van der Waals surface area contributed by atoms with E-state index in [1.54, 1.807) is 25.3 Å². The number of benzene rings is 1. The number of Topliss-reactive ketones (excluding diaryl/α,β-unsaturated/α-hetero) is 2.